The smallest absolute Gasteiger partial charge is 0.387 e. The number of hydrogen-bond donors (Lipinski definition) is 1. The van der Waals surface area contributed by atoms with Gasteiger partial charge in [0.05, 0.1) is 17.2 Å². The second-order valence-electron chi connectivity index (χ2n) is 7.10. The molecule has 10 heteroatoms. The average molecular weight is 463 g/mol. The van der Waals surface area contributed by atoms with Gasteiger partial charge in [-0.05, 0) is 36.4 Å². The number of rotatable bonds is 5. The normalized spacial score (nSPS) is 13.7. The first-order valence-electron chi connectivity index (χ1n) is 9.06. The molecule has 0 bridgehead atoms. The van der Waals surface area contributed by atoms with Gasteiger partial charge in [0.15, 0.2) is 0 Å². The van der Waals surface area contributed by atoms with E-state index in [-0.39, 0.29) is 24.0 Å². The van der Waals surface area contributed by atoms with Gasteiger partial charge in [0, 0.05) is 23.5 Å². The zero-order valence-corrected chi connectivity index (χ0v) is 16.9. The third kappa shape index (κ3) is 5.28. The fourth-order valence-corrected chi connectivity index (χ4v) is 3.50. The van der Waals surface area contributed by atoms with Crippen LogP contribution in [-0.4, -0.2) is 28.6 Å². The molecular weight excluding hydrogens is 446 g/mol. The lowest BCUT2D eigenvalue weighted by molar-refractivity contribution is -0.142. The SMILES string of the molecule is CN(Cc1ccccc1Cl)CC(O)c1cc(C(F)(F)F)nc2c(C(F)(F)F)cccc12. The van der Waals surface area contributed by atoms with Crippen molar-refractivity contribution in [1.29, 1.82) is 0 Å². The molecular formula is C21H17ClF6N2O. The largest absolute Gasteiger partial charge is 0.433 e. The molecule has 3 nitrogen and oxygen atoms in total. The molecule has 0 amide bonds. The Labute approximate surface area is 178 Å². The molecule has 31 heavy (non-hydrogen) atoms. The molecule has 3 rings (SSSR count). The number of para-hydroxylation sites is 1. The van der Waals surface area contributed by atoms with Crippen molar-refractivity contribution in [3.8, 4) is 0 Å². The molecule has 1 aromatic heterocycles. The van der Waals surface area contributed by atoms with Crippen LogP contribution in [0, 0.1) is 0 Å². The quantitative estimate of drug-likeness (QED) is 0.466. The first kappa shape index (κ1) is 23.3. The summed E-state index contributed by atoms with van der Waals surface area (Å²) in [6, 6.07) is 10.5. The lowest BCUT2D eigenvalue weighted by Gasteiger charge is -2.23. The van der Waals surface area contributed by atoms with Gasteiger partial charge in [-0.15, -0.1) is 0 Å². The van der Waals surface area contributed by atoms with Gasteiger partial charge in [-0.2, -0.15) is 26.3 Å². The van der Waals surface area contributed by atoms with Crippen LogP contribution in [0.5, 0.6) is 0 Å². The van der Waals surface area contributed by atoms with Gasteiger partial charge in [0.25, 0.3) is 0 Å². The van der Waals surface area contributed by atoms with E-state index in [0.29, 0.717) is 17.2 Å². The van der Waals surface area contributed by atoms with Crippen LogP contribution < -0.4 is 0 Å². The standard InChI is InChI=1S/C21H17ClF6N2O/c1-30(10-12-5-2-3-8-16(12)22)11-17(31)14-9-18(21(26,27)28)29-19-13(14)6-4-7-15(19)20(23,24)25/h2-9,17,31H,10-11H2,1H3. The van der Waals surface area contributed by atoms with Crippen molar-refractivity contribution in [1.82, 2.24) is 9.88 Å². The van der Waals surface area contributed by atoms with Gasteiger partial charge in [-0.25, -0.2) is 4.98 Å². The summed E-state index contributed by atoms with van der Waals surface area (Å²) in [6.45, 7) is 0.136. The van der Waals surface area contributed by atoms with E-state index in [1.807, 2.05) is 0 Å². The van der Waals surface area contributed by atoms with Crippen LogP contribution in [0.15, 0.2) is 48.5 Å². The van der Waals surface area contributed by atoms with Crippen molar-refractivity contribution in [3.05, 3.63) is 75.9 Å². The van der Waals surface area contributed by atoms with E-state index in [1.165, 1.54) is 6.07 Å². The molecule has 1 atom stereocenters. The number of nitrogens with zero attached hydrogens (tertiary/aromatic N) is 2. The first-order chi connectivity index (χ1) is 14.4. The Morgan fingerprint density at radius 1 is 1.00 bits per heavy atom. The molecule has 1 unspecified atom stereocenters. The summed E-state index contributed by atoms with van der Waals surface area (Å²) >= 11 is 6.10. The van der Waals surface area contributed by atoms with E-state index in [2.05, 4.69) is 4.98 Å². The van der Waals surface area contributed by atoms with Crippen molar-refractivity contribution in [2.75, 3.05) is 13.6 Å². The number of pyridine rings is 1. The number of hydrogen-bond acceptors (Lipinski definition) is 3. The molecule has 2 aromatic carbocycles. The summed E-state index contributed by atoms with van der Waals surface area (Å²) < 4.78 is 80.1. The van der Waals surface area contributed by atoms with Gasteiger partial charge in [0.2, 0.25) is 0 Å². The Morgan fingerprint density at radius 3 is 2.29 bits per heavy atom. The summed E-state index contributed by atoms with van der Waals surface area (Å²) in [5.74, 6) is 0. The Kier molecular flexibility index (Phi) is 6.50. The summed E-state index contributed by atoms with van der Waals surface area (Å²) in [5, 5.41) is 11.0. The fraction of sp³-hybridized carbons (Fsp3) is 0.286. The molecule has 0 spiro atoms. The zero-order chi connectivity index (χ0) is 23.0. The van der Waals surface area contributed by atoms with E-state index in [9.17, 15) is 31.4 Å². The molecule has 0 saturated carbocycles. The molecule has 1 heterocycles. The summed E-state index contributed by atoms with van der Waals surface area (Å²) in [7, 11) is 1.61. The van der Waals surface area contributed by atoms with Crippen LogP contribution >= 0.6 is 11.6 Å². The number of halogens is 7. The molecule has 3 aromatic rings. The zero-order valence-electron chi connectivity index (χ0n) is 16.1. The average Bonchev–Trinajstić information content (AvgIpc) is 2.66. The lowest BCUT2D eigenvalue weighted by Crippen LogP contribution is -2.25. The monoisotopic (exact) mass is 462 g/mol. The molecule has 0 aliphatic heterocycles. The second-order valence-corrected chi connectivity index (χ2v) is 7.51. The Hall–Kier alpha value is -2.36. The van der Waals surface area contributed by atoms with Crippen molar-refractivity contribution >= 4 is 22.5 Å². The van der Waals surface area contributed by atoms with Crippen LogP contribution in [0.4, 0.5) is 26.3 Å². The highest BCUT2D eigenvalue weighted by Crippen LogP contribution is 2.39. The van der Waals surface area contributed by atoms with Crippen LogP contribution in [-0.2, 0) is 18.9 Å². The van der Waals surface area contributed by atoms with Gasteiger partial charge in [0.1, 0.15) is 5.69 Å². The lowest BCUT2D eigenvalue weighted by atomic mass is 9.99. The van der Waals surface area contributed by atoms with E-state index in [1.54, 1.807) is 36.2 Å². The van der Waals surface area contributed by atoms with E-state index in [0.717, 1.165) is 11.6 Å². The maximum atomic E-state index is 13.4. The van der Waals surface area contributed by atoms with Gasteiger partial charge in [-0.3, -0.25) is 4.90 Å². The minimum absolute atomic E-state index is 0.141. The Bertz CT molecular complexity index is 1080. The Morgan fingerprint density at radius 2 is 1.68 bits per heavy atom. The topological polar surface area (TPSA) is 36.4 Å². The number of aliphatic hydroxyl groups excluding tert-OH is 1. The number of aliphatic hydroxyl groups is 1. The summed E-state index contributed by atoms with van der Waals surface area (Å²) in [4.78, 5) is 4.84. The van der Waals surface area contributed by atoms with Crippen LogP contribution in [0.3, 0.4) is 0 Å². The molecule has 0 fully saturated rings. The van der Waals surface area contributed by atoms with Crippen molar-refractivity contribution < 1.29 is 31.4 Å². The summed E-state index contributed by atoms with van der Waals surface area (Å²) in [6.07, 6.45) is -11.4. The van der Waals surface area contributed by atoms with Gasteiger partial charge < -0.3 is 5.11 Å². The maximum absolute atomic E-state index is 13.4. The highest BCUT2D eigenvalue weighted by atomic mass is 35.5. The van der Waals surface area contributed by atoms with Crippen molar-refractivity contribution in [2.24, 2.45) is 0 Å². The number of alkyl halides is 6. The second kappa shape index (κ2) is 8.64. The molecule has 0 saturated heterocycles. The van der Waals surface area contributed by atoms with E-state index in [4.69, 9.17) is 11.6 Å². The third-order valence-corrected chi connectivity index (χ3v) is 5.08. The third-order valence-electron chi connectivity index (χ3n) is 4.71. The number of aromatic nitrogens is 1. The molecule has 0 aliphatic rings. The highest BCUT2D eigenvalue weighted by Gasteiger charge is 2.38. The van der Waals surface area contributed by atoms with Crippen molar-refractivity contribution in [3.63, 3.8) is 0 Å². The predicted molar refractivity (Wildman–Crippen MR) is 104 cm³/mol. The minimum atomic E-state index is -4.98. The fourth-order valence-electron chi connectivity index (χ4n) is 3.30. The molecule has 166 valence electrons. The molecule has 1 N–H and O–H groups in total. The number of benzene rings is 2. The van der Waals surface area contributed by atoms with E-state index >= 15 is 0 Å². The van der Waals surface area contributed by atoms with Crippen LogP contribution in [0.2, 0.25) is 5.02 Å². The van der Waals surface area contributed by atoms with Gasteiger partial charge >= 0.3 is 12.4 Å². The van der Waals surface area contributed by atoms with E-state index < -0.39 is 35.2 Å². The predicted octanol–water partition coefficient (Wildman–Crippen LogP) is 6.09. The molecule has 0 aliphatic carbocycles. The maximum Gasteiger partial charge on any atom is 0.433 e. The highest BCUT2D eigenvalue weighted by molar-refractivity contribution is 6.31. The number of fused-ring (bicyclic) bond motifs is 1. The van der Waals surface area contributed by atoms with Crippen LogP contribution in [0.1, 0.15) is 28.5 Å². The first-order valence-corrected chi connectivity index (χ1v) is 9.44. The number of likely N-dealkylation sites (N-methyl/N-ethyl adjacent to an activating group) is 1. The molecule has 0 radical (unpaired) electrons. The Balaban J connectivity index is 2.02. The van der Waals surface area contributed by atoms with Gasteiger partial charge in [-0.1, -0.05) is 41.9 Å². The van der Waals surface area contributed by atoms with Crippen LogP contribution in [0.25, 0.3) is 10.9 Å². The minimum Gasteiger partial charge on any atom is -0.387 e. The van der Waals surface area contributed by atoms with Crippen molar-refractivity contribution in [2.45, 2.75) is 25.0 Å². The summed E-state index contributed by atoms with van der Waals surface area (Å²) in [5.41, 5.74) is -3.20.